The number of nitrogens with zero attached hydrogens (tertiary/aromatic N) is 1. The Labute approximate surface area is 109 Å². The molecule has 0 aromatic heterocycles. The van der Waals surface area contributed by atoms with Crippen LogP contribution < -0.4 is 0 Å². The topological polar surface area (TPSA) is 20.3 Å². The molecule has 0 heterocycles. The Morgan fingerprint density at radius 2 is 1.88 bits per heavy atom. The van der Waals surface area contributed by atoms with E-state index in [0.717, 1.165) is 18.5 Å². The Morgan fingerprint density at radius 1 is 1.29 bits per heavy atom. The predicted octanol–water partition coefficient (Wildman–Crippen LogP) is 3.61. The lowest BCUT2D eigenvalue weighted by molar-refractivity contribution is -0.132. The molecule has 0 fully saturated rings. The van der Waals surface area contributed by atoms with Gasteiger partial charge < -0.3 is 4.90 Å². The first-order valence-corrected chi connectivity index (χ1v) is 6.51. The molecule has 1 aromatic rings. The predicted molar refractivity (Wildman–Crippen MR) is 72.2 cm³/mol. The van der Waals surface area contributed by atoms with Gasteiger partial charge in [0.1, 0.15) is 5.38 Å². The molecule has 0 N–H and O–H groups in total. The maximum atomic E-state index is 12.3. The number of amides is 1. The highest BCUT2D eigenvalue weighted by Crippen LogP contribution is 2.23. The van der Waals surface area contributed by atoms with Crippen LogP contribution in [0, 0.1) is 0 Å². The van der Waals surface area contributed by atoms with E-state index in [9.17, 15) is 4.79 Å². The summed E-state index contributed by atoms with van der Waals surface area (Å²) in [7, 11) is 0. The standard InChI is InChI=1S/C14H20ClNO/c1-4-10-16(11(2)3)14(17)13(15)12-8-6-5-7-9-12/h5-9,11,13H,4,10H2,1-3H3. The van der Waals surface area contributed by atoms with Gasteiger partial charge in [-0.25, -0.2) is 0 Å². The Kier molecular flexibility index (Phi) is 5.49. The van der Waals surface area contributed by atoms with E-state index < -0.39 is 5.38 Å². The number of rotatable bonds is 5. The van der Waals surface area contributed by atoms with Gasteiger partial charge in [-0.15, -0.1) is 11.6 Å². The number of alkyl halides is 1. The third-order valence-electron chi connectivity index (χ3n) is 2.68. The molecule has 17 heavy (non-hydrogen) atoms. The molecule has 1 rings (SSSR count). The number of carbonyl (C=O) groups is 1. The first-order valence-electron chi connectivity index (χ1n) is 6.07. The van der Waals surface area contributed by atoms with E-state index in [2.05, 4.69) is 6.92 Å². The quantitative estimate of drug-likeness (QED) is 0.734. The summed E-state index contributed by atoms with van der Waals surface area (Å²) in [6.45, 7) is 6.85. The molecule has 0 spiro atoms. The molecule has 0 aliphatic heterocycles. The van der Waals surface area contributed by atoms with Crippen molar-refractivity contribution in [2.75, 3.05) is 6.54 Å². The van der Waals surface area contributed by atoms with Crippen molar-refractivity contribution >= 4 is 17.5 Å². The lowest BCUT2D eigenvalue weighted by Gasteiger charge is -2.28. The molecular weight excluding hydrogens is 234 g/mol. The van der Waals surface area contributed by atoms with Gasteiger partial charge in [-0.3, -0.25) is 4.79 Å². The van der Waals surface area contributed by atoms with Crippen molar-refractivity contribution in [3.8, 4) is 0 Å². The molecule has 0 bridgehead atoms. The Morgan fingerprint density at radius 3 is 2.35 bits per heavy atom. The highest BCUT2D eigenvalue weighted by Gasteiger charge is 2.24. The SMILES string of the molecule is CCCN(C(=O)C(Cl)c1ccccc1)C(C)C. The van der Waals surface area contributed by atoms with Crippen LogP contribution in [-0.2, 0) is 4.79 Å². The average Bonchev–Trinajstić information content (AvgIpc) is 2.35. The molecule has 0 saturated carbocycles. The molecular formula is C14H20ClNO. The molecule has 1 amide bonds. The van der Waals surface area contributed by atoms with E-state index >= 15 is 0 Å². The minimum absolute atomic E-state index is 0.00489. The summed E-state index contributed by atoms with van der Waals surface area (Å²) in [5.41, 5.74) is 0.862. The van der Waals surface area contributed by atoms with E-state index in [0.29, 0.717) is 0 Å². The fourth-order valence-corrected chi connectivity index (χ4v) is 2.04. The number of hydrogen-bond donors (Lipinski definition) is 0. The summed E-state index contributed by atoms with van der Waals surface area (Å²) >= 11 is 6.24. The van der Waals surface area contributed by atoms with Crippen LogP contribution in [0.3, 0.4) is 0 Å². The second-order valence-corrected chi connectivity index (χ2v) is 4.84. The van der Waals surface area contributed by atoms with Gasteiger partial charge in [0.15, 0.2) is 0 Å². The molecule has 2 nitrogen and oxygen atoms in total. The van der Waals surface area contributed by atoms with Crippen LogP contribution in [-0.4, -0.2) is 23.4 Å². The fraction of sp³-hybridized carbons (Fsp3) is 0.500. The summed E-state index contributed by atoms with van der Waals surface area (Å²) in [5.74, 6) is -0.00489. The maximum absolute atomic E-state index is 12.3. The van der Waals surface area contributed by atoms with Crippen LogP contribution in [0.2, 0.25) is 0 Å². The number of halogens is 1. The maximum Gasteiger partial charge on any atom is 0.245 e. The molecule has 1 aromatic carbocycles. The summed E-state index contributed by atoms with van der Waals surface area (Å²) in [5, 5.41) is -0.579. The molecule has 0 saturated heterocycles. The third-order valence-corrected chi connectivity index (χ3v) is 3.12. The van der Waals surface area contributed by atoms with Crippen LogP contribution in [0.25, 0.3) is 0 Å². The normalized spacial score (nSPS) is 12.5. The van der Waals surface area contributed by atoms with Gasteiger partial charge in [0.25, 0.3) is 0 Å². The fourth-order valence-electron chi connectivity index (χ4n) is 1.77. The number of carbonyl (C=O) groups excluding carboxylic acids is 1. The van der Waals surface area contributed by atoms with Crippen molar-refractivity contribution in [1.82, 2.24) is 4.90 Å². The zero-order chi connectivity index (χ0) is 12.8. The van der Waals surface area contributed by atoms with Gasteiger partial charge in [-0.1, -0.05) is 37.3 Å². The van der Waals surface area contributed by atoms with Crippen LogP contribution in [0.5, 0.6) is 0 Å². The summed E-state index contributed by atoms with van der Waals surface area (Å²) in [4.78, 5) is 14.1. The Bertz CT molecular complexity index is 350. The minimum atomic E-state index is -0.579. The molecule has 3 heteroatoms. The van der Waals surface area contributed by atoms with E-state index in [1.165, 1.54) is 0 Å². The second kappa shape index (κ2) is 6.65. The van der Waals surface area contributed by atoms with E-state index in [4.69, 9.17) is 11.6 Å². The van der Waals surface area contributed by atoms with Gasteiger partial charge >= 0.3 is 0 Å². The smallest absolute Gasteiger partial charge is 0.245 e. The van der Waals surface area contributed by atoms with Crippen LogP contribution in [0.4, 0.5) is 0 Å². The van der Waals surface area contributed by atoms with Crippen molar-refractivity contribution < 1.29 is 4.79 Å². The molecule has 94 valence electrons. The highest BCUT2D eigenvalue weighted by atomic mass is 35.5. The summed E-state index contributed by atoms with van der Waals surface area (Å²) < 4.78 is 0. The lowest BCUT2D eigenvalue weighted by atomic mass is 10.1. The Balaban J connectivity index is 2.80. The highest BCUT2D eigenvalue weighted by molar-refractivity contribution is 6.30. The van der Waals surface area contributed by atoms with Crippen molar-refractivity contribution in [3.05, 3.63) is 35.9 Å². The van der Waals surface area contributed by atoms with E-state index in [-0.39, 0.29) is 11.9 Å². The summed E-state index contributed by atoms with van der Waals surface area (Å²) in [6, 6.07) is 9.69. The van der Waals surface area contributed by atoms with Crippen molar-refractivity contribution in [1.29, 1.82) is 0 Å². The number of hydrogen-bond acceptors (Lipinski definition) is 1. The van der Waals surface area contributed by atoms with Crippen molar-refractivity contribution in [2.24, 2.45) is 0 Å². The van der Waals surface area contributed by atoms with E-state index in [1.807, 2.05) is 49.1 Å². The van der Waals surface area contributed by atoms with Gasteiger partial charge in [-0.05, 0) is 25.8 Å². The van der Waals surface area contributed by atoms with Gasteiger partial charge in [0, 0.05) is 12.6 Å². The van der Waals surface area contributed by atoms with Gasteiger partial charge in [-0.2, -0.15) is 0 Å². The molecule has 0 aliphatic rings. The average molecular weight is 254 g/mol. The second-order valence-electron chi connectivity index (χ2n) is 4.40. The minimum Gasteiger partial charge on any atom is -0.339 e. The van der Waals surface area contributed by atoms with Gasteiger partial charge in [0.2, 0.25) is 5.91 Å². The first kappa shape index (κ1) is 14.0. The van der Waals surface area contributed by atoms with Crippen LogP contribution >= 0.6 is 11.6 Å². The molecule has 1 unspecified atom stereocenters. The zero-order valence-electron chi connectivity index (χ0n) is 10.7. The molecule has 0 aliphatic carbocycles. The largest absolute Gasteiger partial charge is 0.339 e. The molecule has 1 atom stereocenters. The third kappa shape index (κ3) is 3.74. The first-order chi connectivity index (χ1) is 8.07. The zero-order valence-corrected chi connectivity index (χ0v) is 11.4. The van der Waals surface area contributed by atoms with Gasteiger partial charge in [0.05, 0.1) is 0 Å². The monoisotopic (exact) mass is 253 g/mol. The van der Waals surface area contributed by atoms with E-state index in [1.54, 1.807) is 0 Å². The lowest BCUT2D eigenvalue weighted by Crippen LogP contribution is -2.39. The number of benzene rings is 1. The van der Waals surface area contributed by atoms with Crippen molar-refractivity contribution in [3.63, 3.8) is 0 Å². The van der Waals surface area contributed by atoms with Crippen LogP contribution in [0.1, 0.15) is 38.1 Å². The molecule has 0 radical (unpaired) electrons. The Hall–Kier alpha value is -1.02. The van der Waals surface area contributed by atoms with Crippen molar-refractivity contribution in [2.45, 2.75) is 38.6 Å². The summed E-state index contributed by atoms with van der Waals surface area (Å²) in [6.07, 6.45) is 0.947. The van der Waals surface area contributed by atoms with Crippen LogP contribution in [0.15, 0.2) is 30.3 Å².